The summed E-state index contributed by atoms with van der Waals surface area (Å²) < 4.78 is 32.2. The molecule has 3 rings (SSSR count). The highest BCUT2D eigenvalue weighted by Crippen LogP contribution is 2.22. The van der Waals surface area contributed by atoms with Gasteiger partial charge in [-0.1, -0.05) is 18.2 Å². The minimum absolute atomic E-state index is 0.245. The van der Waals surface area contributed by atoms with E-state index < -0.39 is 16.1 Å². The monoisotopic (exact) mass is 334 g/mol. The van der Waals surface area contributed by atoms with Gasteiger partial charge in [-0.15, -0.1) is 0 Å². The number of sulfonamides is 1. The summed E-state index contributed by atoms with van der Waals surface area (Å²) in [5.41, 5.74) is 0.660. The first-order chi connectivity index (χ1) is 11.0. The SMILES string of the molecule is Cc1ccc(CCNC(=O)[C@H]2Cc3ccccc3S(=O)(=O)N2)o1. The van der Waals surface area contributed by atoms with Crippen LogP contribution >= 0.6 is 0 Å². The lowest BCUT2D eigenvalue weighted by molar-refractivity contribution is -0.122. The number of hydrogen-bond acceptors (Lipinski definition) is 4. The van der Waals surface area contributed by atoms with Crippen LogP contribution in [0.2, 0.25) is 0 Å². The lowest BCUT2D eigenvalue weighted by Crippen LogP contribution is -2.50. The molecule has 0 aliphatic carbocycles. The van der Waals surface area contributed by atoms with Crippen molar-refractivity contribution in [3.05, 3.63) is 53.5 Å². The van der Waals surface area contributed by atoms with Crippen molar-refractivity contribution in [1.29, 1.82) is 0 Å². The summed E-state index contributed by atoms with van der Waals surface area (Å²) in [5, 5.41) is 2.75. The van der Waals surface area contributed by atoms with Crippen LogP contribution in [-0.2, 0) is 27.7 Å². The number of carbonyl (C=O) groups is 1. The molecule has 6 nitrogen and oxygen atoms in total. The van der Waals surface area contributed by atoms with Gasteiger partial charge in [-0.05, 0) is 37.1 Å². The summed E-state index contributed by atoms with van der Waals surface area (Å²) in [6.45, 7) is 2.25. The number of fused-ring (bicyclic) bond motifs is 1. The van der Waals surface area contributed by atoms with Gasteiger partial charge in [-0.25, -0.2) is 8.42 Å². The van der Waals surface area contributed by atoms with Crippen molar-refractivity contribution in [2.75, 3.05) is 6.54 Å². The average Bonchev–Trinajstić information content (AvgIpc) is 2.92. The molecule has 0 bridgehead atoms. The third-order valence-electron chi connectivity index (χ3n) is 3.77. The van der Waals surface area contributed by atoms with E-state index in [4.69, 9.17) is 4.42 Å². The Balaban J connectivity index is 1.63. The Bertz CT molecular complexity index is 826. The van der Waals surface area contributed by atoms with Crippen LogP contribution in [0.4, 0.5) is 0 Å². The van der Waals surface area contributed by atoms with Gasteiger partial charge >= 0.3 is 0 Å². The Kier molecular flexibility index (Phi) is 4.23. The molecule has 1 aliphatic heterocycles. The van der Waals surface area contributed by atoms with Crippen molar-refractivity contribution in [2.45, 2.75) is 30.7 Å². The number of aryl methyl sites for hydroxylation is 1. The van der Waals surface area contributed by atoms with Crippen molar-refractivity contribution in [3.8, 4) is 0 Å². The number of carbonyl (C=O) groups excluding carboxylic acids is 1. The number of hydrogen-bond donors (Lipinski definition) is 2. The quantitative estimate of drug-likeness (QED) is 0.878. The molecule has 7 heteroatoms. The summed E-state index contributed by atoms with van der Waals surface area (Å²) in [7, 11) is -3.64. The van der Waals surface area contributed by atoms with Gasteiger partial charge < -0.3 is 9.73 Å². The topological polar surface area (TPSA) is 88.4 Å². The Hall–Kier alpha value is -2.12. The van der Waals surface area contributed by atoms with E-state index in [1.807, 2.05) is 19.1 Å². The summed E-state index contributed by atoms with van der Waals surface area (Å²) in [4.78, 5) is 12.5. The molecule has 2 heterocycles. The highest BCUT2D eigenvalue weighted by Gasteiger charge is 2.32. The summed E-state index contributed by atoms with van der Waals surface area (Å²) in [6, 6.07) is 9.67. The molecule has 2 N–H and O–H groups in total. The fourth-order valence-corrected chi connectivity index (χ4v) is 4.09. The zero-order valence-electron chi connectivity index (χ0n) is 12.7. The van der Waals surface area contributed by atoms with E-state index >= 15 is 0 Å². The molecular weight excluding hydrogens is 316 g/mol. The highest BCUT2D eigenvalue weighted by atomic mass is 32.2. The number of benzene rings is 1. The predicted molar refractivity (Wildman–Crippen MR) is 84.4 cm³/mol. The number of nitrogens with one attached hydrogen (secondary N) is 2. The van der Waals surface area contributed by atoms with E-state index in [1.54, 1.807) is 24.3 Å². The third-order valence-corrected chi connectivity index (χ3v) is 5.34. The van der Waals surface area contributed by atoms with Crippen molar-refractivity contribution in [3.63, 3.8) is 0 Å². The number of amides is 1. The molecule has 0 saturated carbocycles. The van der Waals surface area contributed by atoms with Gasteiger partial charge in [-0.2, -0.15) is 4.72 Å². The van der Waals surface area contributed by atoms with Crippen LogP contribution in [0, 0.1) is 6.92 Å². The normalized spacial score (nSPS) is 19.1. The highest BCUT2D eigenvalue weighted by molar-refractivity contribution is 7.89. The fraction of sp³-hybridized carbons (Fsp3) is 0.312. The molecule has 2 aromatic rings. The van der Waals surface area contributed by atoms with Crippen molar-refractivity contribution < 1.29 is 17.6 Å². The largest absolute Gasteiger partial charge is 0.466 e. The maximum atomic E-state index is 12.2. The Morgan fingerprint density at radius 1 is 1.30 bits per heavy atom. The van der Waals surface area contributed by atoms with Crippen LogP contribution in [0.3, 0.4) is 0 Å². The second-order valence-electron chi connectivity index (χ2n) is 5.54. The lowest BCUT2D eigenvalue weighted by atomic mass is 10.1. The summed E-state index contributed by atoms with van der Waals surface area (Å²) in [5.74, 6) is 1.28. The van der Waals surface area contributed by atoms with Gasteiger partial charge in [0, 0.05) is 13.0 Å². The van der Waals surface area contributed by atoms with Crippen molar-refractivity contribution in [2.24, 2.45) is 0 Å². The molecule has 23 heavy (non-hydrogen) atoms. The number of rotatable bonds is 4. The molecule has 0 unspecified atom stereocenters. The molecule has 1 aliphatic rings. The van der Waals surface area contributed by atoms with Crippen LogP contribution in [-0.4, -0.2) is 26.9 Å². The maximum absolute atomic E-state index is 12.2. The first-order valence-electron chi connectivity index (χ1n) is 7.39. The third kappa shape index (κ3) is 3.46. The second kappa shape index (κ2) is 6.17. The standard InChI is InChI=1S/C16H18N2O4S/c1-11-6-7-13(22-11)8-9-17-16(19)14-10-12-4-2-3-5-15(12)23(20,21)18-14/h2-7,14,18H,8-10H2,1H3,(H,17,19)/t14-/m1/s1. The van der Waals surface area contributed by atoms with Gasteiger partial charge in [-0.3, -0.25) is 4.79 Å². The minimum Gasteiger partial charge on any atom is -0.466 e. The Morgan fingerprint density at radius 2 is 2.09 bits per heavy atom. The molecule has 1 atom stereocenters. The van der Waals surface area contributed by atoms with Crippen LogP contribution in [0.1, 0.15) is 17.1 Å². The first-order valence-corrected chi connectivity index (χ1v) is 8.87. The molecule has 0 spiro atoms. The zero-order chi connectivity index (χ0) is 16.4. The molecule has 0 fully saturated rings. The van der Waals surface area contributed by atoms with Crippen LogP contribution in [0.5, 0.6) is 0 Å². The fourth-order valence-electron chi connectivity index (χ4n) is 2.64. The molecule has 1 aromatic carbocycles. The Morgan fingerprint density at radius 3 is 2.83 bits per heavy atom. The van der Waals surface area contributed by atoms with Crippen molar-refractivity contribution in [1.82, 2.24) is 10.0 Å². The van der Waals surface area contributed by atoms with Gasteiger partial charge in [0.25, 0.3) is 0 Å². The van der Waals surface area contributed by atoms with E-state index in [1.165, 1.54) is 0 Å². The van der Waals surface area contributed by atoms with E-state index in [0.717, 1.165) is 11.5 Å². The van der Waals surface area contributed by atoms with Crippen LogP contribution in [0.15, 0.2) is 45.7 Å². The Labute approximate surface area is 134 Å². The van der Waals surface area contributed by atoms with Crippen LogP contribution < -0.4 is 10.0 Å². The molecule has 1 amide bonds. The van der Waals surface area contributed by atoms with Gasteiger partial charge in [0.15, 0.2) is 0 Å². The minimum atomic E-state index is -3.64. The maximum Gasteiger partial charge on any atom is 0.241 e. The smallest absolute Gasteiger partial charge is 0.241 e. The molecule has 0 radical (unpaired) electrons. The van der Waals surface area contributed by atoms with E-state index in [-0.39, 0.29) is 10.8 Å². The van der Waals surface area contributed by atoms with Gasteiger partial charge in [0.1, 0.15) is 17.6 Å². The van der Waals surface area contributed by atoms with E-state index in [9.17, 15) is 13.2 Å². The molecular formula is C16H18N2O4S. The lowest BCUT2D eigenvalue weighted by Gasteiger charge is -2.25. The summed E-state index contributed by atoms with van der Waals surface area (Å²) in [6.07, 6.45) is 0.913. The molecule has 122 valence electrons. The predicted octanol–water partition coefficient (Wildman–Crippen LogP) is 1.15. The van der Waals surface area contributed by atoms with E-state index in [0.29, 0.717) is 24.9 Å². The van der Waals surface area contributed by atoms with E-state index in [2.05, 4.69) is 10.0 Å². The molecule has 1 aromatic heterocycles. The molecule has 0 saturated heterocycles. The summed E-state index contributed by atoms with van der Waals surface area (Å²) >= 11 is 0. The average molecular weight is 334 g/mol. The first kappa shape index (κ1) is 15.8. The second-order valence-corrected chi connectivity index (χ2v) is 7.22. The van der Waals surface area contributed by atoms with Gasteiger partial charge in [0.05, 0.1) is 4.90 Å². The van der Waals surface area contributed by atoms with Crippen molar-refractivity contribution >= 4 is 15.9 Å². The zero-order valence-corrected chi connectivity index (χ0v) is 13.5. The van der Waals surface area contributed by atoms with Gasteiger partial charge in [0.2, 0.25) is 15.9 Å². The van der Waals surface area contributed by atoms with Crippen LogP contribution in [0.25, 0.3) is 0 Å². The number of furan rings is 1.